The second-order valence-corrected chi connectivity index (χ2v) is 4.82. The molecular formula is C13H22O5. The summed E-state index contributed by atoms with van der Waals surface area (Å²) in [5.74, 6) is -0.718. The van der Waals surface area contributed by atoms with Crippen LogP contribution in [0.1, 0.15) is 34.1 Å². The summed E-state index contributed by atoms with van der Waals surface area (Å²) < 4.78 is 15.3. The highest BCUT2D eigenvalue weighted by molar-refractivity contribution is 5.81. The van der Waals surface area contributed by atoms with Crippen molar-refractivity contribution in [2.45, 2.75) is 46.3 Å². The average Bonchev–Trinajstić information content (AvgIpc) is 3.06. The van der Waals surface area contributed by atoms with Crippen LogP contribution in [0.25, 0.3) is 0 Å². The van der Waals surface area contributed by atoms with Crippen molar-refractivity contribution in [2.75, 3.05) is 13.2 Å². The number of carbonyl (C=O) groups excluding carboxylic acids is 2. The topological polar surface area (TPSA) is 61.8 Å². The van der Waals surface area contributed by atoms with Crippen LogP contribution in [0.15, 0.2) is 0 Å². The highest BCUT2D eigenvalue weighted by Crippen LogP contribution is 2.40. The summed E-state index contributed by atoms with van der Waals surface area (Å²) in [7, 11) is 0. The van der Waals surface area contributed by atoms with Crippen molar-refractivity contribution in [2.24, 2.45) is 11.8 Å². The van der Waals surface area contributed by atoms with Gasteiger partial charge in [-0.3, -0.25) is 4.79 Å². The van der Waals surface area contributed by atoms with Crippen molar-refractivity contribution in [3.8, 4) is 0 Å². The molecule has 0 radical (unpaired) electrons. The first-order chi connectivity index (χ1) is 8.45. The predicted molar refractivity (Wildman–Crippen MR) is 64.9 cm³/mol. The van der Waals surface area contributed by atoms with E-state index in [0.29, 0.717) is 6.61 Å². The number of rotatable bonds is 7. The van der Waals surface area contributed by atoms with Crippen LogP contribution in [0.2, 0.25) is 0 Å². The van der Waals surface area contributed by atoms with Crippen LogP contribution in [-0.2, 0) is 23.8 Å². The Bertz CT molecular complexity index is 300. The van der Waals surface area contributed by atoms with Gasteiger partial charge in [0.05, 0.1) is 25.2 Å². The molecule has 0 spiro atoms. The van der Waals surface area contributed by atoms with Crippen molar-refractivity contribution < 1.29 is 23.8 Å². The molecule has 0 unspecified atom stereocenters. The van der Waals surface area contributed by atoms with Gasteiger partial charge < -0.3 is 14.2 Å². The maximum atomic E-state index is 11.7. The van der Waals surface area contributed by atoms with Gasteiger partial charge in [-0.05, 0) is 40.0 Å². The van der Waals surface area contributed by atoms with Crippen LogP contribution in [0.5, 0.6) is 0 Å². The predicted octanol–water partition coefficient (Wildman–Crippen LogP) is 1.54. The number of esters is 2. The molecule has 0 heterocycles. The number of hydrogen-bond donors (Lipinski definition) is 0. The fraction of sp³-hybridized carbons (Fsp3) is 0.846. The van der Waals surface area contributed by atoms with Gasteiger partial charge in [0.2, 0.25) is 0 Å². The molecule has 5 nitrogen and oxygen atoms in total. The first-order valence-electron chi connectivity index (χ1n) is 6.44. The van der Waals surface area contributed by atoms with E-state index in [-0.39, 0.29) is 30.5 Å². The number of hydrogen-bond acceptors (Lipinski definition) is 5. The summed E-state index contributed by atoms with van der Waals surface area (Å²) in [6, 6.07) is 0. The Morgan fingerprint density at radius 2 is 1.94 bits per heavy atom. The second kappa shape index (κ2) is 6.73. The molecule has 18 heavy (non-hydrogen) atoms. The van der Waals surface area contributed by atoms with Crippen molar-refractivity contribution in [3.63, 3.8) is 0 Å². The molecule has 1 aliphatic rings. The van der Waals surface area contributed by atoms with Gasteiger partial charge in [-0.15, -0.1) is 0 Å². The molecule has 1 aliphatic carbocycles. The van der Waals surface area contributed by atoms with Crippen LogP contribution < -0.4 is 0 Å². The summed E-state index contributed by atoms with van der Waals surface area (Å²) in [5.41, 5.74) is 0. The van der Waals surface area contributed by atoms with Crippen LogP contribution in [-0.4, -0.2) is 37.4 Å². The molecule has 0 N–H and O–H groups in total. The lowest BCUT2D eigenvalue weighted by atomic mass is 10.3. The van der Waals surface area contributed by atoms with E-state index in [1.165, 1.54) is 6.92 Å². The maximum absolute atomic E-state index is 11.7. The lowest BCUT2D eigenvalue weighted by Crippen LogP contribution is -2.27. The Kier molecular flexibility index (Phi) is 5.59. The van der Waals surface area contributed by atoms with E-state index in [0.717, 1.165) is 6.42 Å². The molecule has 1 fully saturated rings. The van der Waals surface area contributed by atoms with Crippen molar-refractivity contribution >= 4 is 11.9 Å². The quantitative estimate of drug-likeness (QED) is 0.648. The third-order valence-corrected chi connectivity index (χ3v) is 2.78. The van der Waals surface area contributed by atoms with Gasteiger partial charge in [-0.2, -0.15) is 0 Å². The zero-order valence-electron chi connectivity index (χ0n) is 11.5. The largest absolute Gasteiger partial charge is 0.463 e. The molecule has 104 valence electrons. The Hall–Kier alpha value is -1.10. The van der Waals surface area contributed by atoms with Crippen molar-refractivity contribution in [1.82, 2.24) is 0 Å². The minimum atomic E-state index is -0.829. The van der Waals surface area contributed by atoms with Gasteiger partial charge in [0, 0.05) is 0 Å². The van der Waals surface area contributed by atoms with Gasteiger partial charge >= 0.3 is 11.9 Å². The van der Waals surface area contributed by atoms with E-state index >= 15 is 0 Å². The minimum absolute atomic E-state index is 0.124. The molecule has 1 saturated carbocycles. The van der Waals surface area contributed by atoms with Crippen LogP contribution in [0.3, 0.4) is 0 Å². The lowest BCUT2D eigenvalue weighted by molar-refractivity contribution is -0.167. The molecule has 3 atom stereocenters. The third-order valence-electron chi connectivity index (χ3n) is 2.78. The van der Waals surface area contributed by atoms with E-state index in [2.05, 4.69) is 0 Å². The number of carbonyl (C=O) groups is 2. The van der Waals surface area contributed by atoms with Gasteiger partial charge in [0.25, 0.3) is 0 Å². The first kappa shape index (κ1) is 15.0. The van der Waals surface area contributed by atoms with E-state index in [9.17, 15) is 9.59 Å². The normalized spacial score (nSPS) is 23.6. The van der Waals surface area contributed by atoms with E-state index in [1.807, 2.05) is 13.8 Å². The van der Waals surface area contributed by atoms with E-state index in [4.69, 9.17) is 14.2 Å². The SMILES string of the molecule is CCOC(=O)[C@H](C)OC(=O)[C@@H]1C[C@H]1COC(C)C. The smallest absolute Gasteiger partial charge is 0.347 e. The molecule has 0 aromatic heterocycles. The third kappa shape index (κ3) is 4.64. The Balaban J connectivity index is 2.24. The summed E-state index contributed by atoms with van der Waals surface area (Å²) in [4.78, 5) is 23.0. The zero-order chi connectivity index (χ0) is 13.7. The van der Waals surface area contributed by atoms with E-state index < -0.39 is 12.1 Å². The molecule has 0 aromatic carbocycles. The van der Waals surface area contributed by atoms with Crippen molar-refractivity contribution in [1.29, 1.82) is 0 Å². The first-order valence-corrected chi connectivity index (χ1v) is 6.44. The molecular weight excluding hydrogens is 236 g/mol. The van der Waals surface area contributed by atoms with Gasteiger partial charge in [0.15, 0.2) is 6.10 Å². The monoisotopic (exact) mass is 258 g/mol. The summed E-state index contributed by atoms with van der Waals surface area (Å²) in [6.07, 6.45) is 0.117. The van der Waals surface area contributed by atoms with Crippen LogP contribution in [0.4, 0.5) is 0 Å². The van der Waals surface area contributed by atoms with Gasteiger partial charge in [-0.1, -0.05) is 0 Å². The zero-order valence-corrected chi connectivity index (χ0v) is 11.5. The van der Waals surface area contributed by atoms with E-state index in [1.54, 1.807) is 6.92 Å². The summed E-state index contributed by atoms with van der Waals surface area (Å²) in [5, 5.41) is 0. The van der Waals surface area contributed by atoms with Gasteiger partial charge in [0.1, 0.15) is 0 Å². The number of ether oxygens (including phenoxy) is 3. The standard InChI is InChI=1S/C13H22O5/c1-5-16-12(14)9(4)18-13(15)11-6-10(11)7-17-8(2)3/h8-11H,5-7H2,1-4H3/t9-,10-,11+/m0/s1. The maximum Gasteiger partial charge on any atom is 0.347 e. The lowest BCUT2D eigenvalue weighted by Gasteiger charge is -2.12. The Morgan fingerprint density at radius 3 is 2.50 bits per heavy atom. The van der Waals surface area contributed by atoms with Gasteiger partial charge in [-0.25, -0.2) is 4.79 Å². The molecule has 0 aliphatic heterocycles. The average molecular weight is 258 g/mol. The molecule has 5 heteroatoms. The fourth-order valence-corrected chi connectivity index (χ4v) is 1.61. The Labute approximate surface area is 108 Å². The summed E-state index contributed by atoms with van der Waals surface area (Å²) in [6.45, 7) is 8.02. The molecule has 0 aromatic rings. The van der Waals surface area contributed by atoms with Crippen molar-refractivity contribution in [3.05, 3.63) is 0 Å². The van der Waals surface area contributed by atoms with Crippen LogP contribution in [0, 0.1) is 11.8 Å². The Morgan fingerprint density at radius 1 is 1.28 bits per heavy atom. The highest BCUT2D eigenvalue weighted by Gasteiger charge is 2.45. The van der Waals surface area contributed by atoms with Crippen LogP contribution >= 0.6 is 0 Å². The second-order valence-electron chi connectivity index (χ2n) is 4.82. The molecule has 1 rings (SSSR count). The minimum Gasteiger partial charge on any atom is -0.463 e. The molecule has 0 saturated heterocycles. The highest BCUT2D eigenvalue weighted by atomic mass is 16.6. The molecule has 0 amide bonds. The summed E-state index contributed by atoms with van der Waals surface area (Å²) >= 11 is 0. The molecule has 0 bridgehead atoms. The fourth-order valence-electron chi connectivity index (χ4n) is 1.61.